The zero-order chi connectivity index (χ0) is 9.78. The number of rotatable bonds is 3. The van der Waals surface area contributed by atoms with Crippen LogP contribution in [-0.4, -0.2) is 24.1 Å². The van der Waals surface area contributed by atoms with Crippen molar-refractivity contribution < 1.29 is 19.1 Å². The molecule has 0 aliphatic rings. The summed E-state index contributed by atoms with van der Waals surface area (Å²) in [5.74, 6) is -0.212. The average Bonchev–Trinajstić information content (AvgIpc) is 1.85. The van der Waals surface area contributed by atoms with E-state index < -0.39 is 11.8 Å². The summed E-state index contributed by atoms with van der Waals surface area (Å²) in [5, 5.41) is 0. The highest BCUT2D eigenvalue weighted by Gasteiger charge is 2.28. The van der Waals surface area contributed by atoms with Gasteiger partial charge < -0.3 is 9.47 Å². The summed E-state index contributed by atoms with van der Waals surface area (Å²) in [6.45, 7) is 6.31. The van der Waals surface area contributed by atoms with E-state index in [1.807, 2.05) is 0 Å². The number of carbonyl (C=O) groups is 2. The first-order valence-electron chi connectivity index (χ1n) is 3.77. The molecule has 4 heteroatoms. The van der Waals surface area contributed by atoms with Gasteiger partial charge in [0.05, 0.1) is 6.61 Å². The molecule has 70 valence electrons. The average molecular weight is 174 g/mol. The second-order valence-electron chi connectivity index (χ2n) is 2.85. The molecule has 0 unspecified atom stereocenters. The molecule has 0 aliphatic carbocycles. The minimum atomic E-state index is -1.09. The molecule has 0 saturated carbocycles. The van der Waals surface area contributed by atoms with Crippen molar-refractivity contribution in [2.75, 3.05) is 6.61 Å². The maximum absolute atomic E-state index is 10.9. The monoisotopic (exact) mass is 174 g/mol. The molecular formula is C8H14O4. The molecule has 0 fully saturated rings. The van der Waals surface area contributed by atoms with Gasteiger partial charge in [0.15, 0.2) is 11.4 Å². The molecular weight excluding hydrogens is 160 g/mol. The van der Waals surface area contributed by atoms with E-state index in [1.54, 1.807) is 6.92 Å². The van der Waals surface area contributed by atoms with Gasteiger partial charge in [-0.2, -0.15) is 0 Å². The van der Waals surface area contributed by atoms with Crippen molar-refractivity contribution in [3.8, 4) is 0 Å². The van der Waals surface area contributed by atoms with Crippen LogP contribution in [0, 0.1) is 0 Å². The smallest absolute Gasteiger partial charge is 0.435 e. The van der Waals surface area contributed by atoms with Gasteiger partial charge in [-0.3, -0.25) is 4.79 Å². The van der Waals surface area contributed by atoms with Gasteiger partial charge in [-0.1, -0.05) is 0 Å². The van der Waals surface area contributed by atoms with Gasteiger partial charge >= 0.3 is 6.16 Å². The molecule has 0 radical (unpaired) electrons. The molecule has 0 rings (SSSR count). The SMILES string of the molecule is CCOC(=O)OC(C)(C)C(C)=O. The van der Waals surface area contributed by atoms with Crippen LogP contribution < -0.4 is 0 Å². The lowest BCUT2D eigenvalue weighted by molar-refractivity contribution is -0.134. The number of hydrogen-bond acceptors (Lipinski definition) is 4. The van der Waals surface area contributed by atoms with Crippen LogP contribution in [-0.2, 0) is 14.3 Å². The fraction of sp³-hybridized carbons (Fsp3) is 0.750. The van der Waals surface area contributed by atoms with Crippen molar-refractivity contribution in [3.05, 3.63) is 0 Å². The van der Waals surface area contributed by atoms with Gasteiger partial charge in [0.2, 0.25) is 0 Å². The predicted octanol–water partition coefficient (Wildman–Crippen LogP) is 1.53. The Balaban J connectivity index is 4.06. The molecule has 0 bridgehead atoms. The molecule has 0 aromatic rings. The summed E-state index contributed by atoms with van der Waals surface area (Å²) >= 11 is 0. The van der Waals surface area contributed by atoms with Crippen molar-refractivity contribution in [2.45, 2.75) is 33.3 Å². The first kappa shape index (κ1) is 10.9. The van der Waals surface area contributed by atoms with E-state index in [0.29, 0.717) is 0 Å². The molecule has 0 aliphatic heterocycles. The maximum Gasteiger partial charge on any atom is 0.509 e. The normalized spacial score (nSPS) is 10.7. The lowest BCUT2D eigenvalue weighted by Crippen LogP contribution is -2.35. The number of ether oxygens (including phenoxy) is 2. The van der Waals surface area contributed by atoms with E-state index in [1.165, 1.54) is 20.8 Å². The van der Waals surface area contributed by atoms with Crippen LogP contribution in [0.2, 0.25) is 0 Å². The molecule has 0 spiro atoms. The first-order chi connectivity index (χ1) is 5.40. The number of carbonyl (C=O) groups excluding carboxylic acids is 2. The van der Waals surface area contributed by atoms with Gasteiger partial charge in [0.25, 0.3) is 0 Å². The lowest BCUT2D eigenvalue weighted by Gasteiger charge is -2.20. The highest BCUT2D eigenvalue weighted by atomic mass is 16.7. The van der Waals surface area contributed by atoms with Gasteiger partial charge in [0, 0.05) is 0 Å². The highest BCUT2D eigenvalue weighted by Crippen LogP contribution is 2.11. The standard InChI is InChI=1S/C8H14O4/c1-5-11-7(10)12-8(3,4)6(2)9/h5H2,1-4H3. The van der Waals surface area contributed by atoms with Gasteiger partial charge in [-0.05, 0) is 27.7 Å². The summed E-state index contributed by atoms with van der Waals surface area (Å²) in [4.78, 5) is 21.6. The van der Waals surface area contributed by atoms with Crippen LogP contribution in [0.25, 0.3) is 0 Å². The van der Waals surface area contributed by atoms with Crippen molar-refractivity contribution in [2.24, 2.45) is 0 Å². The molecule has 0 heterocycles. The Bertz CT molecular complexity index is 183. The van der Waals surface area contributed by atoms with Gasteiger partial charge in [-0.25, -0.2) is 4.79 Å². The van der Waals surface area contributed by atoms with E-state index in [4.69, 9.17) is 4.74 Å². The van der Waals surface area contributed by atoms with Gasteiger partial charge in [0.1, 0.15) is 0 Å². The van der Waals surface area contributed by atoms with E-state index in [9.17, 15) is 9.59 Å². The zero-order valence-electron chi connectivity index (χ0n) is 7.84. The predicted molar refractivity (Wildman–Crippen MR) is 42.9 cm³/mol. The summed E-state index contributed by atoms with van der Waals surface area (Å²) in [5.41, 5.74) is -1.09. The molecule has 0 N–H and O–H groups in total. The Hall–Kier alpha value is -1.06. The Labute approximate surface area is 71.8 Å². The molecule has 0 aromatic heterocycles. The molecule has 4 nitrogen and oxygen atoms in total. The topological polar surface area (TPSA) is 52.6 Å². The van der Waals surface area contributed by atoms with E-state index in [2.05, 4.69) is 4.74 Å². The van der Waals surface area contributed by atoms with E-state index in [-0.39, 0.29) is 12.4 Å². The third kappa shape index (κ3) is 3.37. The fourth-order valence-corrected chi connectivity index (χ4v) is 0.428. The van der Waals surface area contributed by atoms with E-state index in [0.717, 1.165) is 0 Å². The Morgan fingerprint density at radius 3 is 2.17 bits per heavy atom. The number of Topliss-reactive ketones (excluding diaryl/α,β-unsaturated/α-hetero) is 1. The summed E-state index contributed by atoms with van der Waals surface area (Å²) in [6, 6.07) is 0. The summed E-state index contributed by atoms with van der Waals surface area (Å²) < 4.78 is 9.24. The zero-order valence-corrected chi connectivity index (χ0v) is 7.84. The molecule has 0 amide bonds. The molecule has 0 atom stereocenters. The summed E-state index contributed by atoms with van der Waals surface area (Å²) in [7, 11) is 0. The van der Waals surface area contributed by atoms with Crippen LogP contribution in [0.5, 0.6) is 0 Å². The maximum atomic E-state index is 10.9. The van der Waals surface area contributed by atoms with Crippen molar-refractivity contribution in [1.82, 2.24) is 0 Å². The molecule has 12 heavy (non-hydrogen) atoms. The van der Waals surface area contributed by atoms with E-state index >= 15 is 0 Å². The Kier molecular flexibility index (Phi) is 3.73. The number of hydrogen-bond donors (Lipinski definition) is 0. The van der Waals surface area contributed by atoms with Gasteiger partial charge in [-0.15, -0.1) is 0 Å². The van der Waals surface area contributed by atoms with Crippen LogP contribution in [0.1, 0.15) is 27.7 Å². The lowest BCUT2D eigenvalue weighted by atomic mass is 10.1. The third-order valence-electron chi connectivity index (χ3n) is 1.45. The second kappa shape index (κ2) is 4.09. The van der Waals surface area contributed by atoms with Crippen LogP contribution >= 0.6 is 0 Å². The van der Waals surface area contributed by atoms with Crippen LogP contribution in [0.15, 0.2) is 0 Å². The largest absolute Gasteiger partial charge is 0.509 e. The van der Waals surface area contributed by atoms with Crippen molar-refractivity contribution in [3.63, 3.8) is 0 Å². The minimum Gasteiger partial charge on any atom is -0.435 e. The quantitative estimate of drug-likeness (QED) is 0.609. The Morgan fingerprint density at radius 1 is 1.33 bits per heavy atom. The number of ketones is 1. The first-order valence-corrected chi connectivity index (χ1v) is 3.77. The highest BCUT2D eigenvalue weighted by molar-refractivity contribution is 5.85. The fourth-order valence-electron chi connectivity index (χ4n) is 0.428. The minimum absolute atomic E-state index is 0.212. The third-order valence-corrected chi connectivity index (χ3v) is 1.45. The molecule has 0 aromatic carbocycles. The van der Waals surface area contributed by atoms with Crippen LogP contribution in [0.4, 0.5) is 4.79 Å². The second-order valence-corrected chi connectivity index (χ2v) is 2.85. The van der Waals surface area contributed by atoms with Crippen LogP contribution in [0.3, 0.4) is 0 Å². The summed E-state index contributed by atoms with van der Waals surface area (Å²) in [6.07, 6.45) is -0.808. The Morgan fingerprint density at radius 2 is 1.83 bits per heavy atom. The van der Waals surface area contributed by atoms with Crippen molar-refractivity contribution >= 4 is 11.9 Å². The molecule has 0 saturated heterocycles. The van der Waals surface area contributed by atoms with Crippen molar-refractivity contribution in [1.29, 1.82) is 0 Å².